The van der Waals surface area contributed by atoms with Crippen LogP contribution in [0, 0.1) is 10.1 Å². The molecule has 1 amide bonds. The van der Waals surface area contributed by atoms with Crippen LogP contribution in [0.25, 0.3) is 0 Å². The largest absolute Gasteiger partial charge is 0.368 e. The van der Waals surface area contributed by atoms with Crippen molar-refractivity contribution < 1.29 is 14.5 Å². The van der Waals surface area contributed by atoms with Gasteiger partial charge in [0.15, 0.2) is 5.96 Å². The molecule has 1 N–H and O–H groups in total. The fourth-order valence-electron chi connectivity index (χ4n) is 3.36. The quantitative estimate of drug-likeness (QED) is 0.365. The maximum absolute atomic E-state index is 12.4. The lowest BCUT2D eigenvalue weighted by atomic mass is 10.2. The number of benzene rings is 1. The number of aliphatic imine (C=N–C) groups is 1. The molecule has 0 spiro atoms. The lowest BCUT2D eigenvalue weighted by Gasteiger charge is -2.37. The van der Waals surface area contributed by atoms with Crippen LogP contribution >= 0.6 is 0 Å². The maximum Gasteiger partial charge on any atom is 0.269 e. The number of piperazine rings is 1. The number of rotatable bonds is 4. The van der Waals surface area contributed by atoms with Crippen LogP contribution in [0.2, 0.25) is 0 Å². The van der Waals surface area contributed by atoms with Gasteiger partial charge in [-0.15, -0.1) is 0 Å². The highest BCUT2D eigenvalue weighted by atomic mass is 16.6. The molecule has 0 aromatic heterocycles. The van der Waals surface area contributed by atoms with Gasteiger partial charge in [0, 0.05) is 58.5 Å². The van der Waals surface area contributed by atoms with Crippen molar-refractivity contribution in [2.24, 2.45) is 4.99 Å². The third-order valence-electron chi connectivity index (χ3n) is 4.91. The molecule has 0 saturated carbocycles. The number of carbonyl (C=O) groups is 1. The zero-order chi connectivity index (χ0) is 19.2. The molecule has 1 unspecified atom stereocenters. The third-order valence-corrected chi connectivity index (χ3v) is 4.91. The number of nitro groups is 1. The number of ether oxygens (including phenoxy) is 1. The first kappa shape index (κ1) is 19.1. The van der Waals surface area contributed by atoms with Crippen molar-refractivity contribution in [3.63, 3.8) is 0 Å². The average molecular weight is 375 g/mol. The van der Waals surface area contributed by atoms with Gasteiger partial charge in [-0.25, -0.2) is 0 Å². The van der Waals surface area contributed by atoms with E-state index in [0.717, 1.165) is 24.4 Å². The molecule has 0 aliphatic carbocycles. The molecule has 146 valence electrons. The van der Waals surface area contributed by atoms with Gasteiger partial charge in [-0.1, -0.05) is 12.1 Å². The number of nitrogens with one attached hydrogen (secondary N) is 1. The van der Waals surface area contributed by atoms with E-state index in [2.05, 4.69) is 15.2 Å². The normalized spacial score (nSPS) is 20.6. The van der Waals surface area contributed by atoms with Crippen molar-refractivity contribution in [1.82, 2.24) is 15.1 Å². The Morgan fingerprint density at radius 1 is 1.26 bits per heavy atom. The summed E-state index contributed by atoms with van der Waals surface area (Å²) in [5.41, 5.74) is 1.02. The second-order valence-electron chi connectivity index (χ2n) is 6.64. The van der Waals surface area contributed by atoms with Gasteiger partial charge in [-0.05, 0) is 18.4 Å². The summed E-state index contributed by atoms with van der Waals surface area (Å²) < 4.78 is 5.49. The number of nitrogens with zero attached hydrogens (tertiary/aromatic N) is 4. The summed E-state index contributed by atoms with van der Waals surface area (Å²) in [7, 11) is 1.72. The fraction of sp³-hybridized carbons (Fsp3) is 0.556. The van der Waals surface area contributed by atoms with E-state index >= 15 is 0 Å². The number of hydrogen-bond donors (Lipinski definition) is 1. The minimum atomic E-state index is -0.409. The Hall–Kier alpha value is -2.68. The van der Waals surface area contributed by atoms with Crippen LogP contribution in [0.5, 0.6) is 0 Å². The number of nitro benzene ring substituents is 1. The number of carbonyl (C=O) groups excluding carboxylic acids is 1. The molecule has 2 aliphatic heterocycles. The van der Waals surface area contributed by atoms with Crippen molar-refractivity contribution in [2.45, 2.75) is 25.5 Å². The molecule has 0 bridgehead atoms. The first-order chi connectivity index (χ1) is 13.1. The van der Waals surface area contributed by atoms with Crippen LogP contribution in [-0.4, -0.2) is 72.5 Å². The summed E-state index contributed by atoms with van der Waals surface area (Å²) in [6, 6.07) is 6.46. The highest BCUT2D eigenvalue weighted by Gasteiger charge is 2.30. The standard InChI is InChI=1S/C18H25N5O4/c1-19-18(20-13-14-4-6-15(7-5-14)23(25)26)22-10-8-21(9-11-22)17(24)16-3-2-12-27-16/h4-7,16H,2-3,8-13H2,1H3,(H,19,20). The molecular weight excluding hydrogens is 350 g/mol. The predicted molar refractivity (Wildman–Crippen MR) is 100 cm³/mol. The molecular formula is C18H25N5O4. The van der Waals surface area contributed by atoms with E-state index < -0.39 is 4.92 Å². The smallest absolute Gasteiger partial charge is 0.269 e. The van der Waals surface area contributed by atoms with E-state index in [4.69, 9.17) is 4.74 Å². The van der Waals surface area contributed by atoms with Crippen molar-refractivity contribution in [1.29, 1.82) is 0 Å². The highest BCUT2D eigenvalue weighted by molar-refractivity contribution is 5.82. The molecule has 1 aromatic rings. The minimum absolute atomic E-state index is 0.0789. The van der Waals surface area contributed by atoms with E-state index in [1.807, 2.05) is 4.90 Å². The number of amides is 1. The zero-order valence-electron chi connectivity index (χ0n) is 15.5. The highest BCUT2D eigenvalue weighted by Crippen LogP contribution is 2.16. The van der Waals surface area contributed by atoms with Crippen molar-refractivity contribution in [2.75, 3.05) is 39.8 Å². The van der Waals surface area contributed by atoms with Crippen LogP contribution in [0.4, 0.5) is 5.69 Å². The predicted octanol–water partition coefficient (Wildman–Crippen LogP) is 0.993. The topological polar surface area (TPSA) is 100 Å². The second kappa shape index (κ2) is 8.81. The summed E-state index contributed by atoms with van der Waals surface area (Å²) in [6.07, 6.45) is 1.50. The summed E-state index contributed by atoms with van der Waals surface area (Å²) in [5, 5.41) is 14.0. The van der Waals surface area contributed by atoms with Gasteiger partial charge in [0.1, 0.15) is 6.10 Å². The van der Waals surface area contributed by atoms with Gasteiger partial charge < -0.3 is 19.9 Å². The first-order valence-corrected chi connectivity index (χ1v) is 9.18. The average Bonchev–Trinajstić information content (AvgIpc) is 3.23. The van der Waals surface area contributed by atoms with Crippen LogP contribution in [-0.2, 0) is 16.1 Å². The number of hydrogen-bond acceptors (Lipinski definition) is 5. The fourth-order valence-corrected chi connectivity index (χ4v) is 3.36. The summed E-state index contributed by atoms with van der Waals surface area (Å²) in [6.45, 7) is 3.92. The summed E-state index contributed by atoms with van der Waals surface area (Å²) >= 11 is 0. The van der Waals surface area contributed by atoms with Crippen molar-refractivity contribution in [3.8, 4) is 0 Å². The molecule has 1 aromatic carbocycles. The molecule has 27 heavy (non-hydrogen) atoms. The second-order valence-corrected chi connectivity index (χ2v) is 6.64. The molecule has 3 rings (SSSR count). The Bertz CT molecular complexity index is 692. The van der Waals surface area contributed by atoms with E-state index in [1.165, 1.54) is 12.1 Å². The molecule has 2 heterocycles. The number of non-ortho nitro benzene ring substituents is 1. The molecule has 2 aliphatic rings. The lowest BCUT2D eigenvalue weighted by molar-refractivity contribution is -0.384. The van der Waals surface area contributed by atoms with Crippen LogP contribution in [0.3, 0.4) is 0 Å². The molecule has 1 atom stereocenters. The van der Waals surface area contributed by atoms with Crippen LogP contribution in [0.1, 0.15) is 18.4 Å². The minimum Gasteiger partial charge on any atom is -0.368 e. The van der Waals surface area contributed by atoms with Gasteiger partial charge in [-0.3, -0.25) is 19.9 Å². The van der Waals surface area contributed by atoms with E-state index in [-0.39, 0.29) is 17.7 Å². The molecule has 2 fully saturated rings. The van der Waals surface area contributed by atoms with Gasteiger partial charge in [0.05, 0.1) is 4.92 Å². The Balaban J connectivity index is 1.48. The molecule has 9 heteroatoms. The lowest BCUT2D eigenvalue weighted by Crippen LogP contribution is -2.55. The van der Waals surface area contributed by atoms with Gasteiger partial charge in [0.2, 0.25) is 0 Å². The summed E-state index contributed by atoms with van der Waals surface area (Å²) in [4.78, 5) is 31.0. The Kier molecular flexibility index (Phi) is 6.23. The Morgan fingerprint density at radius 2 is 1.93 bits per heavy atom. The third kappa shape index (κ3) is 4.73. The van der Waals surface area contributed by atoms with Gasteiger partial charge in [0.25, 0.3) is 11.6 Å². The Morgan fingerprint density at radius 3 is 2.48 bits per heavy atom. The van der Waals surface area contributed by atoms with Gasteiger partial charge >= 0.3 is 0 Å². The molecule has 0 radical (unpaired) electrons. The molecule has 9 nitrogen and oxygen atoms in total. The van der Waals surface area contributed by atoms with Crippen LogP contribution < -0.4 is 5.32 Å². The number of guanidine groups is 1. The molecule has 2 saturated heterocycles. The SMILES string of the molecule is CN=C(NCc1ccc([N+](=O)[O-])cc1)N1CCN(C(=O)C2CCCO2)CC1. The Labute approximate surface area is 158 Å². The summed E-state index contributed by atoms with van der Waals surface area (Å²) in [5.74, 6) is 0.860. The van der Waals surface area contributed by atoms with Gasteiger partial charge in [-0.2, -0.15) is 0 Å². The van der Waals surface area contributed by atoms with Crippen molar-refractivity contribution >= 4 is 17.6 Å². The monoisotopic (exact) mass is 375 g/mol. The zero-order valence-corrected chi connectivity index (χ0v) is 15.5. The van der Waals surface area contributed by atoms with E-state index in [9.17, 15) is 14.9 Å². The van der Waals surface area contributed by atoms with E-state index in [0.29, 0.717) is 39.3 Å². The van der Waals surface area contributed by atoms with E-state index in [1.54, 1.807) is 19.2 Å². The van der Waals surface area contributed by atoms with Crippen molar-refractivity contribution in [3.05, 3.63) is 39.9 Å². The maximum atomic E-state index is 12.4. The first-order valence-electron chi connectivity index (χ1n) is 9.18. The van der Waals surface area contributed by atoms with Crippen LogP contribution in [0.15, 0.2) is 29.3 Å².